The molecule has 25 heavy (non-hydrogen) atoms. The van der Waals surface area contributed by atoms with E-state index in [1.54, 1.807) is 11.0 Å². The quantitative estimate of drug-likeness (QED) is 0.797. The molecule has 0 aromatic heterocycles. The molecule has 5 nitrogen and oxygen atoms in total. The van der Waals surface area contributed by atoms with Crippen LogP contribution >= 0.6 is 0 Å². The number of para-hydroxylation sites is 1. The topological polar surface area (TPSA) is 38.8 Å². The van der Waals surface area contributed by atoms with E-state index in [2.05, 4.69) is 15.1 Å². The molecule has 2 saturated heterocycles. The van der Waals surface area contributed by atoms with Crippen LogP contribution in [0, 0.1) is 5.82 Å². The number of rotatable bonds is 6. The molecule has 1 aromatic rings. The summed E-state index contributed by atoms with van der Waals surface area (Å²) in [4.78, 5) is 17.8. The molecule has 7 heteroatoms. The molecule has 2 aliphatic rings. The number of hydrogen-bond donors (Lipinski definition) is 1. The van der Waals surface area contributed by atoms with Crippen LogP contribution in [0.2, 0.25) is 0 Å². The normalized spacial score (nSPS) is 21.1. The number of likely N-dealkylation sites (tertiary alicyclic amines) is 1. The Morgan fingerprint density at radius 1 is 1.16 bits per heavy atom. The van der Waals surface area contributed by atoms with Gasteiger partial charge in [0.1, 0.15) is 12.5 Å². The summed E-state index contributed by atoms with van der Waals surface area (Å²) in [6.45, 7) is 5.08. The number of hydrogen-bond acceptors (Lipinski definition) is 3. The van der Waals surface area contributed by atoms with E-state index in [4.69, 9.17) is 0 Å². The van der Waals surface area contributed by atoms with Crippen LogP contribution in [0.25, 0.3) is 0 Å². The Morgan fingerprint density at radius 2 is 1.92 bits per heavy atom. The van der Waals surface area contributed by atoms with Crippen LogP contribution in [0.15, 0.2) is 24.3 Å². The number of nitrogens with one attached hydrogen (secondary N) is 1. The van der Waals surface area contributed by atoms with E-state index >= 15 is 0 Å². The number of urea groups is 1. The lowest BCUT2D eigenvalue weighted by Gasteiger charge is -2.39. The van der Waals surface area contributed by atoms with E-state index in [1.165, 1.54) is 6.07 Å². The molecule has 1 aromatic carbocycles. The third-order valence-electron chi connectivity index (χ3n) is 5.08. The Kier molecular flexibility index (Phi) is 6.07. The molecule has 1 N–H and O–H groups in total. The van der Waals surface area contributed by atoms with E-state index in [0.717, 1.165) is 45.6 Å². The Labute approximate surface area is 147 Å². The SMILES string of the molecule is O=C(NCCCN1CCN(c2ccccc2F)CC1)N1CCC1CF. The third-order valence-corrected chi connectivity index (χ3v) is 5.08. The number of benzene rings is 1. The van der Waals surface area contributed by atoms with Gasteiger partial charge in [0, 0.05) is 39.3 Å². The van der Waals surface area contributed by atoms with Crippen LogP contribution in [-0.2, 0) is 0 Å². The van der Waals surface area contributed by atoms with Gasteiger partial charge >= 0.3 is 6.03 Å². The lowest BCUT2D eigenvalue weighted by Crippen LogP contribution is -2.56. The van der Waals surface area contributed by atoms with Gasteiger partial charge in [0.2, 0.25) is 0 Å². The molecule has 0 aliphatic carbocycles. The summed E-state index contributed by atoms with van der Waals surface area (Å²) in [5.74, 6) is -0.170. The van der Waals surface area contributed by atoms with Crippen molar-refractivity contribution in [3.05, 3.63) is 30.1 Å². The number of anilines is 1. The van der Waals surface area contributed by atoms with Gasteiger partial charge in [-0.2, -0.15) is 0 Å². The zero-order chi connectivity index (χ0) is 17.6. The maximum Gasteiger partial charge on any atom is 0.317 e. The van der Waals surface area contributed by atoms with Crippen LogP contribution in [0.1, 0.15) is 12.8 Å². The first-order chi connectivity index (χ1) is 12.2. The van der Waals surface area contributed by atoms with Gasteiger partial charge in [-0.1, -0.05) is 12.1 Å². The maximum atomic E-state index is 13.8. The minimum absolute atomic E-state index is 0.154. The lowest BCUT2D eigenvalue weighted by atomic mass is 10.1. The molecule has 3 rings (SSSR count). The number of carbonyl (C=O) groups is 1. The lowest BCUT2D eigenvalue weighted by molar-refractivity contribution is 0.0967. The highest BCUT2D eigenvalue weighted by molar-refractivity contribution is 5.75. The molecule has 2 aliphatic heterocycles. The predicted molar refractivity (Wildman–Crippen MR) is 94.2 cm³/mol. The Balaban J connectivity index is 1.32. The van der Waals surface area contributed by atoms with Gasteiger partial charge in [0.25, 0.3) is 0 Å². The Morgan fingerprint density at radius 3 is 2.56 bits per heavy atom. The summed E-state index contributed by atoms with van der Waals surface area (Å²) in [7, 11) is 0. The zero-order valence-corrected chi connectivity index (χ0v) is 14.5. The molecule has 2 amide bonds. The fourth-order valence-corrected chi connectivity index (χ4v) is 3.39. The molecule has 0 bridgehead atoms. The van der Waals surface area contributed by atoms with Gasteiger partial charge in [0.05, 0.1) is 11.7 Å². The number of nitrogens with zero attached hydrogens (tertiary/aromatic N) is 3. The van der Waals surface area contributed by atoms with Crippen molar-refractivity contribution in [3.8, 4) is 0 Å². The number of alkyl halides is 1. The molecular formula is C18H26F2N4O. The summed E-state index contributed by atoms with van der Waals surface area (Å²) >= 11 is 0. The summed E-state index contributed by atoms with van der Waals surface area (Å²) < 4.78 is 26.4. The van der Waals surface area contributed by atoms with E-state index in [-0.39, 0.29) is 17.9 Å². The third kappa shape index (κ3) is 4.39. The Bertz CT molecular complexity index is 576. The first-order valence-electron chi connectivity index (χ1n) is 9.01. The predicted octanol–water partition coefficient (Wildman–Crippen LogP) is 2.09. The van der Waals surface area contributed by atoms with Crippen LogP contribution < -0.4 is 10.2 Å². The molecule has 1 atom stereocenters. The maximum absolute atomic E-state index is 13.8. The van der Waals surface area contributed by atoms with Crippen LogP contribution in [-0.4, -0.2) is 74.4 Å². The van der Waals surface area contributed by atoms with Crippen molar-refractivity contribution in [2.75, 3.05) is 57.4 Å². The van der Waals surface area contributed by atoms with E-state index in [0.29, 0.717) is 18.8 Å². The fourth-order valence-electron chi connectivity index (χ4n) is 3.39. The molecule has 138 valence electrons. The van der Waals surface area contributed by atoms with Crippen LogP contribution in [0.3, 0.4) is 0 Å². The molecular weight excluding hydrogens is 326 g/mol. The standard InChI is InChI=1S/C18H26F2N4O/c19-14-15-6-9-24(15)18(25)21-7-3-8-22-10-12-23(13-11-22)17-5-2-1-4-16(17)20/h1-2,4-5,15H,3,6-14H2,(H,21,25). The minimum Gasteiger partial charge on any atom is -0.367 e. The van der Waals surface area contributed by atoms with Crippen molar-refractivity contribution < 1.29 is 13.6 Å². The summed E-state index contributed by atoms with van der Waals surface area (Å²) in [5, 5.41) is 2.86. The average Bonchev–Trinajstić information content (AvgIpc) is 2.59. The zero-order valence-electron chi connectivity index (χ0n) is 14.5. The van der Waals surface area contributed by atoms with Crippen LogP contribution in [0.5, 0.6) is 0 Å². The number of halogens is 2. The van der Waals surface area contributed by atoms with E-state index < -0.39 is 6.67 Å². The molecule has 0 spiro atoms. The van der Waals surface area contributed by atoms with Gasteiger partial charge in [-0.05, 0) is 31.5 Å². The highest BCUT2D eigenvalue weighted by atomic mass is 19.1. The highest BCUT2D eigenvalue weighted by Gasteiger charge is 2.31. The molecule has 2 fully saturated rings. The van der Waals surface area contributed by atoms with Crippen molar-refractivity contribution in [3.63, 3.8) is 0 Å². The van der Waals surface area contributed by atoms with Gasteiger partial charge in [-0.25, -0.2) is 13.6 Å². The molecule has 0 saturated carbocycles. The second-order valence-electron chi connectivity index (χ2n) is 6.66. The smallest absolute Gasteiger partial charge is 0.317 e. The summed E-state index contributed by atoms with van der Waals surface area (Å²) in [6.07, 6.45) is 1.62. The minimum atomic E-state index is -0.459. The second kappa shape index (κ2) is 8.47. The fraction of sp³-hybridized carbons (Fsp3) is 0.611. The largest absolute Gasteiger partial charge is 0.367 e. The van der Waals surface area contributed by atoms with Crippen molar-refractivity contribution in [2.45, 2.75) is 18.9 Å². The van der Waals surface area contributed by atoms with Gasteiger partial charge in [-0.15, -0.1) is 0 Å². The summed E-state index contributed by atoms with van der Waals surface area (Å²) in [5.41, 5.74) is 0.673. The number of amides is 2. The van der Waals surface area contributed by atoms with Crippen LogP contribution in [0.4, 0.5) is 19.3 Å². The average molecular weight is 352 g/mol. The number of piperazine rings is 1. The number of carbonyl (C=O) groups excluding carboxylic acids is 1. The van der Waals surface area contributed by atoms with Crippen molar-refractivity contribution in [1.82, 2.24) is 15.1 Å². The van der Waals surface area contributed by atoms with Gasteiger partial charge in [0.15, 0.2) is 0 Å². The monoisotopic (exact) mass is 352 g/mol. The second-order valence-corrected chi connectivity index (χ2v) is 6.66. The van der Waals surface area contributed by atoms with Gasteiger partial charge in [-0.3, -0.25) is 4.90 Å². The van der Waals surface area contributed by atoms with Crippen molar-refractivity contribution in [2.24, 2.45) is 0 Å². The Hall–Kier alpha value is -1.89. The van der Waals surface area contributed by atoms with Gasteiger partial charge < -0.3 is 15.1 Å². The van der Waals surface area contributed by atoms with E-state index in [1.807, 2.05) is 12.1 Å². The first kappa shape index (κ1) is 17.9. The summed E-state index contributed by atoms with van der Waals surface area (Å²) in [6, 6.07) is 6.50. The molecule has 0 radical (unpaired) electrons. The highest BCUT2D eigenvalue weighted by Crippen LogP contribution is 2.20. The van der Waals surface area contributed by atoms with Crippen molar-refractivity contribution >= 4 is 11.7 Å². The van der Waals surface area contributed by atoms with E-state index in [9.17, 15) is 13.6 Å². The molecule has 2 heterocycles. The molecule has 1 unspecified atom stereocenters. The van der Waals surface area contributed by atoms with Crippen molar-refractivity contribution in [1.29, 1.82) is 0 Å². The first-order valence-corrected chi connectivity index (χ1v) is 9.01.